The number of halogens is 1. The topological polar surface area (TPSA) is 88.2 Å². The predicted octanol–water partition coefficient (Wildman–Crippen LogP) is 5.31. The lowest BCUT2D eigenvalue weighted by Gasteiger charge is -2.09. The molecule has 3 aromatic carbocycles. The molecule has 0 fully saturated rings. The fraction of sp³-hybridized carbons (Fsp3) is 0.0435. The van der Waals surface area contributed by atoms with Crippen LogP contribution in [0, 0.1) is 12.7 Å². The van der Waals surface area contributed by atoms with Gasteiger partial charge in [-0.25, -0.2) is 17.8 Å². The van der Waals surface area contributed by atoms with Gasteiger partial charge in [0.2, 0.25) is 0 Å². The molecule has 4 aromatic rings. The summed E-state index contributed by atoms with van der Waals surface area (Å²) in [4.78, 5) is 16.9. The van der Waals surface area contributed by atoms with Gasteiger partial charge in [-0.3, -0.25) is 14.8 Å². The average Bonchev–Trinajstić information content (AvgIpc) is 3.23. The Balaban J connectivity index is 1.42. The van der Waals surface area contributed by atoms with Gasteiger partial charge >= 0.3 is 0 Å². The number of amides is 1. The fourth-order valence-electron chi connectivity index (χ4n) is 2.87. The summed E-state index contributed by atoms with van der Waals surface area (Å²) in [5, 5.41) is 5.09. The first kappa shape index (κ1) is 21.7. The van der Waals surface area contributed by atoms with E-state index >= 15 is 0 Å². The van der Waals surface area contributed by atoms with Gasteiger partial charge in [-0.1, -0.05) is 29.8 Å². The van der Waals surface area contributed by atoms with Crippen molar-refractivity contribution in [3.05, 3.63) is 95.1 Å². The van der Waals surface area contributed by atoms with Crippen LogP contribution in [0.25, 0.3) is 11.3 Å². The highest BCUT2D eigenvalue weighted by Crippen LogP contribution is 2.25. The summed E-state index contributed by atoms with van der Waals surface area (Å²) in [7, 11) is -3.86. The van der Waals surface area contributed by atoms with Gasteiger partial charge in [-0.15, -0.1) is 11.3 Å². The van der Waals surface area contributed by atoms with E-state index in [4.69, 9.17) is 0 Å². The van der Waals surface area contributed by atoms with E-state index in [1.54, 1.807) is 0 Å². The highest BCUT2D eigenvalue weighted by atomic mass is 32.2. The van der Waals surface area contributed by atoms with Crippen LogP contribution in [0.4, 0.5) is 15.2 Å². The van der Waals surface area contributed by atoms with Crippen molar-refractivity contribution in [3.63, 3.8) is 0 Å². The molecule has 0 atom stereocenters. The lowest BCUT2D eigenvalue weighted by molar-refractivity contribution is 0.102. The number of thiazole rings is 1. The van der Waals surface area contributed by atoms with Crippen molar-refractivity contribution in [2.24, 2.45) is 0 Å². The number of nitrogens with one attached hydrogen (secondary N) is 2. The summed E-state index contributed by atoms with van der Waals surface area (Å²) >= 11 is 1.32. The molecule has 1 aromatic heterocycles. The Morgan fingerprint density at radius 3 is 2.25 bits per heavy atom. The van der Waals surface area contributed by atoms with E-state index in [1.165, 1.54) is 47.7 Å². The fourth-order valence-corrected chi connectivity index (χ4v) is 4.65. The molecule has 1 amide bonds. The number of aromatic nitrogens is 1. The van der Waals surface area contributed by atoms with E-state index < -0.39 is 15.8 Å². The maximum atomic E-state index is 13.0. The number of hydrogen-bond acceptors (Lipinski definition) is 5. The van der Waals surface area contributed by atoms with E-state index in [2.05, 4.69) is 15.0 Å². The molecule has 0 bridgehead atoms. The molecule has 32 heavy (non-hydrogen) atoms. The molecule has 0 aliphatic rings. The molecule has 4 rings (SSSR count). The first-order chi connectivity index (χ1) is 15.3. The maximum absolute atomic E-state index is 13.0. The number of anilines is 2. The van der Waals surface area contributed by atoms with Crippen LogP contribution in [0.15, 0.2) is 83.1 Å². The molecule has 6 nitrogen and oxygen atoms in total. The zero-order valence-electron chi connectivity index (χ0n) is 16.9. The molecular formula is C23H18FN3O3S2. The third kappa shape index (κ3) is 5.01. The van der Waals surface area contributed by atoms with Gasteiger partial charge in [-0.05, 0) is 55.5 Å². The van der Waals surface area contributed by atoms with Crippen LogP contribution in [-0.4, -0.2) is 19.3 Å². The van der Waals surface area contributed by atoms with E-state index in [0.717, 1.165) is 29.0 Å². The van der Waals surface area contributed by atoms with Crippen molar-refractivity contribution >= 4 is 38.1 Å². The molecule has 0 saturated carbocycles. The first-order valence-electron chi connectivity index (χ1n) is 9.52. The van der Waals surface area contributed by atoms with Crippen LogP contribution >= 0.6 is 11.3 Å². The smallest absolute Gasteiger partial charge is 0.261 e. The van der Waals surface area contributed by atoms with E-state index in [9.17, 15) is 17.6 Å². The minimum Gasteiger partial charge on any atom is -0.298 e. The second kappa shape index (κ2) is 8.89. The van der Waals surface area contributed by atoms with E-state index in [0.29, 0.717) is 10.7 Å². The number of aryl methyl sites for hydroxylation is 1. The van der Waals surface area contributed by atoms with Crippen molar-refractivity contribution in [2.45, 2.75) is 11.8 Å². The maximum Gasteiger partial charge on any atom is 0.261 e. The van der Waals surface area contributed by atoms with Crippen LogP contribution in [0.2, 0.25) is 0 Å². The molecular weight excluding hydrogens is 449 g/mol. The third-order valence-corrected chi connectivity index (χ3v) is 6.75. The van der Waals surface area contributed by atoms with E-state index in [1.807, 2.05) is 36.6 Å². The van der Waals surface area contributed by atoms with Gasteiger partial charge in [0.1, 0.15) is 5.82 Å². The SMILES string of the molecule is Cc1ccc(-c2csc(NC(=O)c3ccc(NS(=O)(=O)c4ccc(F)cc4)cc3)n2)cc1. The first-order valence-corrected chi connectivity index (χ1v) is 11.9. The van der Waals surface area contributed by atoms with Gasteiger partial charge in [0, 0.05) is 22.2 Å². The Kier molecular flexibility index (Phi) is 6.02. The highest BCUT2D eigenvalue weighted by molar-refractivity contribution is 7.92. The van der Waals surface area contributed by atoms with Crippen LogP contribution < -0.4 is 10.0 Å². The van der Waals surface area contributed by atoms with Crippen LogP contribution in [0.1, 0.15) is 15.9 Å². The van der Waals surface area contributed by atoms with Crippen molar-refractivity contribution < 1.29 is 17.6 Å². The average molecular weight is 468 g/mol. The Bertz CT molecular complexity index is 1350. The monoisotopic (exact) mass is 467 g/mol. The summed E-state index contributed by atoms with van der Waals surface area (Å²) in [6.45, 7) is 2.01. The van der Waals surface area contributed by atoms with Gasteiger partial charge < -0.3 is 0 Å². The molecule has 0 unspecified atom stereocenters. The summed E-state index contributed by atoms with van der Waals surface area (Å²) in [6, 6.07) is 18.4. The minimum atomic E-state index is -3.86. The molecule has 0 aliphatic carbocycles. The number of benzene rings is 3. The lowest BCUT2D eigenvalue weighted by atomic mass is 10.1. The number of carbonyl (C=O) groups excluding carboxylic acids is 1. The summed E-state index contributed by atoms with van der Waals surface area (Å²) in [6.07, 6.45) is 0. The summed E-state index contributed by atoms with van der Waals surface area (Å²) < 4.78 is 40.2. The Labute approximate surface area is 188 Å². The Morgan fingerprint density at radius 2 is 1.59 bits per heavy atom. The summed E-state index contributed by atoms with van der Waals surface area (Å²) in [5.41, 5.74) is 3.52. The minimum absolute atomic E-state index is 0.0612. The van der Waals surface area contributed by atoms with Gasteiger partial charge in [-0.2, -0.15) is 0 Å². The Hall–Kier alpha value is -3.56. The van der Waals surface area contributed by atoms with Crippen molar-refractivity contribution in [1.29, 1.82) is 0 Å². The Morgan fingerprint density at radius 1 is 0.938 bits per heavy atom. The second-order valence-corrected chi connectivity index (χ2v) is 9.54. The standard InChI is InChI=1S/C23H18FN3O3S2/c1-15-2-4-16(5-3-15)21-14-31-23(25-21)26-22(28)17-6-10-19(11-7-17)27-32(29,30)20-12-8-18(24)9-13-20/h2-14,27H,1H3,(H,25,26,28). The summed E-state index contributed by atoms with van der Waals surface area (Å²) in [5.74, 6) is -0.881. The molecule has 9 heteroatoms. The van der Waals surface area contributed by atoms with Crippen LogP contribution in [0.5, 0.6) is 0 Å². The zero-order valence-corrected chi connectivity index (χ0v) is 18.5. The molecule has 0 spiro atoms. The predicted molar refractivity (Wildman–Crippen MR) is 124 cm³/mol. The number of rotatable bonds is 6. The number of hydrogen-bond donors (Lipinski definition) is 2. The number of carbonyl (C=O) groups is 1. The number of nitrogens with zero attached hydrogens (tertiary/aromatic N) is 1. The third-order valence-electron chi connectivity index (χ3n) is 4.60. The molecule has 2 N–H and O–H groups in total. The van der Waals surface area contributed by atoms with Crippen molar-refractivity contribution in [1.82, 2.24) is 4.98 Å². The lowest BCUT2D eigenvalue weighted by Crippen LogP contribution is -2.14. The second-order valence-electron chi connectivity index (χ2n) is 6.99. The van der Waals surface area contributed by atoms with Crippen LogP contribution in [0.3, 0.4) is 0 Å². The van der Waals surface area contributed by atoms with Gasteiger partial charge in [0.25, 0.3) is 15.9 Å². The molecule has 1 heterocycles. The van der Waals surface area contributed by atoms with Crippen molar-refractivity contribution in [2.75, 3.05) is 10.0 Å². The molecule has 162 valence electrons. The highest BCUT2D eigenvalue weighted by Gasteiger charge is 2.15. The van der Waals surface area contributed by atoms with E-state index in [-0.39, 0.29) is 16.5 Å². The molecule has 0 saturated heterocycles. The quantitative estimate of drug-likeness (QED) is 0.402. The van der Waals surface area contributed by atoms with Crippen molar-refractivity contribution in [3.8, 4) is 11.3 Å². The number of sulfonamides is 1. The zero-order chi connectivity index (χ0) is 22.7. The van der Waals surface area contributed by atoms with Crippen LogP contribution in [-0.2, 0) is 10.0 Å². The van der Waals surface area contributed by atoms with Gasteiger partial charge in [0.15, 0.2) is 5.13 Å². The van der Waals surface area contributed by atoms with Gasteiger partial charge in [0.05, 0.1) is 10.6 Å². The molecule has 0 aliphatic heterocycles. The molecule has 0 radical (unpaired) electrons. The normalized spacial score (nSPS) is 11.2. The largest absolute Gasteiger partial charge is 0.298 e.